The maximum atomic E-state index is 13.9. The molecule has 19 heavy (non-hydrogen) atoms. The largest absolute Gasteiger partial charge is 0.467 e. The first-order chi connectivity index (χ1) is 9.06. The van der Waals surface area contributed by atoms with Crippen LogP contribution in [0.3, 0.4) is 0 Å². The number of carbonyl (C=O) groups is 1. The van der Waals surface area contributed by atoms with E-state index >= 15 is 0 Å². The summed E-state index contributed by atoms with van der Waals surface area (Å²) in [5.41, 5.74) is -0.476. The highest BCUT2D eigenvalue weighted by Gasteiger charge is 2.36. The van der Waals surface area contributed by atoms with Gasteiger partial charge in [-0.2, -0.15) is 0 Å². The number of carbonyl (C=O) groups excluding carboxylic acids is 1. The summed E-state index contributed by atoms with van der Waals surface area (Å²) >= 11 is 0. The Morgan fingerprint density at radius 1 is 1.58 bits per heavy atom. The first-order valence-corrected chi connectivity index (χ1v) is 5.83. The standard InChI is InChI=1S/C12H13FN2O4/c1-19-12(16)10-6-3-7-14(10)11-8(13)4-2-5-9(11)15(17)18/h2,4-5,10H,3,6-7H2,1H3/t10-/m0/s1. The number of para-hydroxylation sites is 1. The molecule has 1 aliphatic heterocycles. The summed E-state index contributed by atoms with van der Waals surface area (Å²) in [6.45, 7) is 0.390. The van der Waals surface area contributed by atoms with Crippen LogP contribution in [0.2, 0.25) is 0 Å². The molecule has 0 radical (unpaired) electrons. The summed E-state index contributed by atoms with van der Waals surface area (Å²) in [6.07, 6.45) is 1.16. The SMILES string of the molecule is COC(=O)[C@@H]1CCCN1c1c(F)cccc1[N+](=O)[O-]. The Morgan fingerprint density at radius 2 is 2.32 bits per heavy atom. The Kier molecular flexibility index (Phi) is 3.64. The molecule has 0 aromatic heterocycles. The van der Waals surface area contributed by atoms with Crippen molar-refractivity contribution < 1.29 is 18.8 Å². The smallest absolute Gasteiger partial charge is 0.328 e. The maximum Gasteiger partial charge on any atom is 0.328 e. The number of hydrogen-bond acceptors (Lipinski definition) is 5. The Morgan fingerprint density at radius 3 is 2.95 bits per heavy atom. The zero-order chi connectivity index (χ0) is 14.0. The molecule has 1 saturated heterocycles. The van der Waals surface area contributed by atoms with Crippen molar-refractivity contribution in [2.45, 2.75) is 18.9 Å². The number of benzene rings is 1. The molecule has 0 saturated carbocycles. The Balaban J connectivity index is 2.46. The molecular weight excluding hydrogens is 255 g/mol. The van der Waals surface area contributed by atoms with Gasteiger partial charge in [-0.3, -0.25) is 10.1 Å². The van der Waals surface area contributed by atoms with E-state index in [4.69, 9.17) is 0 Å². The minimum absolute atomic E-state index is 0.139. The first-order valence-electron chi connectivity index (χ1n) is 5.83. The van der Waals surface area contributed by atoms with Gasteiger partial charge in [-0.15, -0.1) is 0 Å². The summed E-state index contributed by atoms with van der Waals surface area (Å²) in [4.78, 5) is 23.4. The van der Waals surface area contributed by atoms with E-state index in [-0.39, 0.29) is 11.4 Å². The van der Waals surface area contributed by atoms with E-state index in [0.29, 0.717) is 19.4 Å². The van der Waals surface area contributed by atoms with Crippen LogP contribution in [0.5, 0.6) is 0 Å². The van der Waals surface area contributed by atoms with Gasteiger partial charge >= 0.3 is 5.97 Å². The monoisotopic (exact) mass is 268 g/mol. The fourth-order valence-electron chi connectivity index (χ4n) is 2.35. The van der Waals surface area contributed by atoms with Crippen LogP contribution in [0, 0.1) is 15.9 Å². The van der Waals surface area contributed by atoms with Crippen molar-refractivity contribution in [3.05, 3.63) is 34.1 Å². The molecular formula is C12H13FN2O4. The van der Waals surface area contributed by atoms with E-state index in [1.807, 2.05) is 0 Å². The van der Waals surface area contributed by atoms with Crippen LogP contribution in [0.4, 0.5) is 15.8 Å². The van der Waals surface area contributed by atoms with Crippen LogP contribution < -0.4 is 4.90 Å². The van der Waals surface area contributed by atoms with Crippen molar-refractivity contribution in [1.29, 1.82) is 0 Å². The number of nitro groups is 1. The summed E-state index contributed by atoms with van der Waals surface area (Å²) in [5.74, 6) is -1.21. The summed E-state index contributed by atoms with van der Waals surface area (Å²) in [6, 6.07) is 2.99. The molecule has 1 aliphatic rings. The van der Waals surface area contributed by atoms with Crippen LogP contribution in [0.1, 0.15) is 12.8 Å². The van der Waals surface area contributed by atoms with Gasteiger partial charge in [0.05, 0.1) is 12.0 Å². The molecule has 1 heterocycles. The second-order valence-electron chi connectivity index (χ2n) is 4.24. The average molecular weight is 268 g/mol. The van der Waals surface area contributed by atoms with E-state index in [9.17, 15) is 19.3 Å². The van der Waals surface area contributed by atoms with Gasteiger partial charge in [0.15, 0.2) is 11.5 Å². The van der Waals surface area contributed by atoms with E-state index in [2.05, 4.69) is 4.74 Å². The third-order valence-electron chi connectivity index (χ3n) is 3.18. The summed E-state index contributed by atoms with van der Waals surface area (Å²) < 4.78 is 18.6. The minimum Gasteiger partial charge on any atom is -0.467 e. The normalized spacial score (nSPS) is 18.4. The van der Waals surface area contributed by atoms with Gasteiger partial charge in [-0.1, -0.05) is 6.07 Å². The molecule has 1 fully saturated rings. The fraction of sp³-hybridized carbons (Fsp3) is 0.417. The van der Waals surface area contributed by atoms with Gasteiger partial charge in [0.2, 0.25) is 0 Å². The topological polar surface area (TPSA) is 72.7 Å². The summed E-state index contributed by atoms with van der Waals surface area (Å²) in [5, 5.41) is 11.0. The lowest BCUT2D eigenvalue weighted by molar-refractivity contribution is -0.384. The van der Waals surface area contributed by atoms with Crippen LogP contribution in [0.25, 0.3) is 0 Å². The number of ether oxygens (including phenoxy) is 1. The van der Waals surface area contributed by atoms with Crippen molar-refractivity contribution in [3.8, 4) is 0 Å². The number of methoxy groups -OCH3 is 1. The number of nitro benzene ring substituents is 1. The van der Waals surface area contributed by atoms with Crippen LogP contribution >= 0.6 is 0 Å². The number of esters is 1. The lowest BCUT2D eigenvalue weighted by atomic mass is 10.2. The number of anilines is 1. The third-order valence-corrected chi connectivity index (χ3v) is 3.18. The van der Waals surface area contributed by atoms with Gasteiger partial charge in [0.25, 0.3) is 5.69 Å². The molecule has 0 aliphatic carbocycles. The molecule has 1 aromatic carbocycles. The minimum atomic E-state index is -0.704. The van der Waals surface area contributed by atoms with E-state index in [1.165, 1.54) is 24.1 Å². The predicted molar refractivity (Wildman–Crippen MR) is 65.4 cm³/mol. The van der Waals surface area contributed by atoms with Crippen LogP contribution in [-0.2, 0) is 9.53 Å². The molecule has 0 bridgehead atoms. The van der Waals surface area contributed by atoms with Gasteiger partial charge in [0, 0.05) is 12.6 Å². The number of rotatable bonds is 3. The maximum absolute atomic E-state index is 13.9. The average Bonchev–Trinajstić information content (AvgIpc) is 2.86. The number of nitrogens with zero attached hydrogens (tertiary/aromatic N) is 2. The number of hydrogen-bond donors (Lipinski definition) is 0. The second kappa shape index (κ2) is 5.21. The lowest BCUT2D eigenvalue weighted by Gasteiger charge is -2.24. The van der Waals surface area contributed by atoms with E-state index in [1.54, 1.807) is 0 Å². The Labute approximate surface area is 108 Å². The molecule has 0 unspecified atom stereocenters. The molecule has 0 amide bonds. The zero-order valence-electron chi connectivity index (χ0n) is 10.3. The molecule has 2 rings (SSSR count). The van der Waals surface area contributed by atoms with E-state index in [0.717, 1.165) is 6.07 Å². The molecule has 0 spiro atoms. The van der Waals surface area contributed by atoms with Gasteiger partial charge in [-0.25, -0.2) is 9.18 Å². The van der Waals surface area contributed by atoms with Gasteiger partial charge in [-0.05, 0) is 18.9 Å². The van der Waals surface area contributed by atoms with Gasteiger partial charge in [0.1, 0.15) is 6.04 Å². The third kappa shape index (κ3) is 2.35. The predicted octanol–water partition coefficient (Wildman–Crippen LogP) is 1.88. The van der Waals surface area contributed by atoms with Crippen LogP contribution in [-0.4, -0.2) is 30.6 Å². The molecule has 102 valence electrons. The summed E-state index contributed by atoms with van der Waals surface area (Å²) in [7, 11) is 1.24. The van der Waals surface area contributed by atoms with Crippen molar-refractivity contribution in [2.75, 3.05) is 18.6 Å². The van der Waals surface area contributed by atoms with Crippen molar-refractivity contribution in [1.82, 2.24) is 0 Å². The molecule has 0 N–H and O–H groups in total. The number of halogens is 1. The Hall–Kier alpha value is -2.18. The molecule has 1 atom stereocenters. The first kappa shape index (κ1) is 13.3. The lowest BCUT2D eigenvalue weighted by Crippen LogP contribution is -2.37. The Bertz CT molecular complexity index is 520. The molecule has 1 aromatic rings. The highest BCUT2D eigenvalue weighted by molar-refractivity contribution is 5.82. The quantitative estimate of drug-likeness (QED) is 0.475. The second-order valence-corrected chi connectivity index (χ2v) is 4.24. The van der Waals surface area contributed by atoms with Crippen molar-refractivity contribution in [2.24, 2.45) is 0 Å². The molecule has 6 nitrogen and oxygen atoms in total. The van der Waals surface area contributed by atoms with Crippen molar-refractivity contribution >= 4 is 17.3 Å². The highest BCUT2D eigenvalue weighted by Crippen LogP contribution is 2.35. The highest BCUT2D eigenvalue weighted by atomic mass is 19.1. The fourth-order valence-corrected chi connectivity index (χ4v) is 2.35. The van der Waals surface area contributed by atoms with Crippen molar-refractivity contribution in [3.63, 3.8) is 0 Å². The molecule has 7 heteroatoms. The van der Waals surface area contributed by atoms with E-state index < -0.39 is 22.8 Å². The zero-order valence-corrected chi connectivity index (χ0v) is 10.3. The van der Waals surface area contributed by atoms with Gasteiger partial charge < -0.3 is 9.64 Å². The van der Waals surface area contributed by atoms with Crippen LogP contribution in [0.15, 0.2) is 18.2 Å².